The monoisotopic (exact) mass is 406 g/mol. The molecule has 152 valence electrons. The van der Waals surface area contributed by atoms with Gasteiger partial charge in [0.1, 0.15) is 11.3 Å². The van der Waals surface area contributed by atoms with Gasteiger partial charge in [0.2, 0.25) is 0 Å². The van der Waals surface area contributed by atoms with Crippen molar-refractivity contribution in [1.29, 1.82) is 0 Å². The number of halogens is 3. The quantitative estimate of drug-likeness (QED) is 0.653. The normalized spacial score (nSPS) is 18.9. The average Bonchev–Trinajstić information content (AvgIpc) is 3.34. The van der Waals surface area contributed by atoms with E-state index in [1.807, 2.05) is 0 Å². The minimum absolute atomic E-state index is 0.0312. The second-order valence-electron chi connectivity index (χ2n) is 7.67. The fraction of sp³-hybridized carbons (Fsp3) is 0.421. The number of hydrogen-bond donors (Lipinski definition) is 0. The Bertz CT molecular complexity index is 1070. The Balaban J connectivity index is 1.59. The first-order valence-corrected chi connectivity index (χ1v) is 9.21. The zero-order chi connectivity index (χ0) is 20.2. The first kappa shape index (κ1) is 18.2. The summed E-state index contributed by atoms with van der Waals surface area (Å²) in [5.74, 6) is -0.194. The molecule has 0 aromatic carbocycles. The molecule has 1 amide bonds. The molecule has 7 nitrogen and oxygen atoms in total. The maximum absolute atomic E-state index is 13.5. The van der Waals surface area contributed by atoms with E-state index >= 15 is 0 Å². The van der Waals surface area contributed by atoms with Gasteiger partial charge >= 0.3 is 6.18 Å². The summed E-state index contributed by atoms with van der Waals surface area (Å²) in [6.07, 6.45) is 1.90. The van der Waals surface area contributed by atoms with Crippen LogP contribution in [0.3, 0.4) is 0 Å². The summed E-state index contributed by atoms with van der Waals surface area (Å²) in [7, 11) is 0. The van der Waals surface area contributed by atoms with Crippen LogP contribution >= 0.6 is 0 Å². The number of alkyl halides is 3. The van der Waals surface area contributed by atoms with Gasteiger partial charge in [-0.15, -0.1) is 0 Å². The summed E-state index contributed by atoms with van der Waals surface area (Å²) in [6, 6.07) is 0.957. The van der Waals surface area contributed by atoms with Gasteiger partial charge in [-0.25, -0.2) is 9.97 Å². The van der Waals surface area contributed by atoms with Crippen LogP contribution in [0.2, 0.25) is 0 Å². The molecule has 10 heteroatoms. The number of rotatable bonds is 2. The van der Waals surface area contributed by atoms with Crippen molar-refractivity contribution >= 4 is 11.6 Å². The molecule has 2 saturated heterocycles. The van der Waals surface area contributed by atoms with Gasteiger partial charge in [0, 0.05) is 24.7 Å². The van der Waals surface area contributed by atoms with Gasteiger partial charge in [-0.2, -0.15) is 13.2 Å². The van der Waals surface area contributed by atoms with Crippen LogP contribution < -0.4 is 0 Å². The SMILES string of the molecule is O=C(c1cnc2c(-c3cnco3)cc(C(F)(F)F)cn12)N1CCCC2(COC2)C1. The lowest BCUT2D eigenvalue weighted by molar-refractivity contribution is -0.138. The van der Waals surface area contributed by atoms with E-state index in [-0.39, 0.29) is 34.0 Å². The number of hydrogen-bond acceptors (Lipinski definition) is 5. The molecule has 29 heavy (non-hydrogen) atoms. The molecule has 5 rings (SSSR count). The maximum Gasteiger partial charge on any atom is 0.417 e. The Morgan fingerprint density at radius 2 is 2.07 bits per heavy atom. The zero-order valence-corrected chi connectivity index (χ0v) is 15.3. The predicted octanol–water partition coefficient (Wildman–Crippen LogP) is 3.26. The van der Waals surface area contributed by atoms with Gasteiger partial charge in [0.25, 0.3) is 5.91 Å². The molecule has 0 aliphatic carbocycles. The number of pyridine rings is 1. The summed E-state index contributed by atoms with van der Waals surface area (Å²) in [4.78, 5) is 22.8. The second kappa shape index (κ2) is 6.31. The average molecular weight is 406 g/mol. The number of aromatic nitrogens is 3. The third-order valence-corrected chi connectivity index (χ3v) is 5.62. The highest BCUT2D eigenvalue weighted by molar-refractivity contribution is 5.94. The molecule has 3 aromatic heterocycles. The van der Waals surface area contributed by atoms with Crippen LogP contribution in [0.5, 0.6) is 0 Å². The first-order valence-electron chi connectivity index (χ1n) is 9.21. The van der Waals surface area contributed by atoms with Gasteiger partial charge < -0.3 is 14.1 Å². The van der Waals surface area contributed by atoms with E-state index in [4.69, 9.17) is 9.15 Å². The number of nitrogens with zero attached hydrogens (tertiary/aromatic N) is 4. The molecule has 2 aliphatic rings. The molecule has 2 fully saturated rings. The fourth-order valence-electron chi connectivity index (χ4n) is 4.10. The number of fused-ring (bicyclic) bond motifs is 1. The molecule has 0 unspecified atom stereocenters. The van der Waals surface area contributed by atoms with E-state index in [1.54, 1.807) is 4.90 Å². The maximum atomic E-state index is 13.5. The van der Waals surface area contributed by atoms with Crippen molar-refractivity contribution < 1.29 is 27.1 Å². The summed E-state index contributed by atoms with van der Waals surface area (Å²) in [5.41, 5.74) is -0.512. The number of carbonyl (C=O) groups excluding carboxylic acids is 1. The summed E-state index contributed by atoms with van der Waals surface area (Å²) < 4.78 is 52.2. The molecule has 3 aromatic rings. The van der Waals surface area contributed by atoms with Crippen LogP contribution in [0.1, 0.15) is 28.9 Å². The van der Waals surface area contributed by atoms with Crippen LogP contribution in [-0.4, -0.2) is 51.5 Å². The minimum atomic E-state index is -4.59. The molecule has 5 heterocycles. The number of oxazole rings is 1. The number of piperidine rings is 1. The van der Waals surface area contributed by atoms with Crippen molar-refractivity contribution in [2.24, 2.45) is 5.41 Å². The molecule has 2 aliphatic heterocycles. The molecule has 0 atom stereocenters. The largest absolute Gasteiger partial charge is 0.443 e. The smallest absolute Gasteiger partial charge is 0.417 e. The summed E-state index contributed by atoms with van der Waals surface area (Å²) in [5, 5.41) is 0. The van der Waals surface area contributed by atoms with Crippen LogP contribution in [0.15, 0.2) is 35.5 Å². The van der Waals surface area contributed by atoms with Crippen molar-refractivity contribution in [3.63, 3.8) is 0 Å². The standard InChI is InChI=1S/C19H17F3N4O3/c20-19(21,22)12-4-13(15-6-23-11-29-15)16-24-5-14(26(16)7-12)17(27)25-3-1-2-18(8-25)9-28-10-18/h4-7,11H,1-3,8-10H2. The van der Waals surface area contributed by atoms with Crippen molar-refractivity contribution in [2.45, 2.75) is 19.0 Å². The van der Waals surface area contributed by atoms with Gasteiger partial charge in [0.05, 0.1) is 36.7 Å². The first-order chi connectivity index (χ1) is 13.9. The molecule has 0 radical (unpaired) electrons. The Hall–Kier alpha value is -2.88. The molecular weight excluding hydrogens is 389 g/mol. The Kier molecular flexibility index (Phi) is 3.95. The lowest BCUT2D eigenvalue weighted by atomic mass is 9.78. The number of likely N-dealkylation sites (tertiary alicyclic amines) is 1. The van der Waals surface area contributed by atoms with E-state index in [1.165, 1.54) is 16.8 Å². The lowest BCUT2D eigenvalue weighted by Crippen LogP contribution is -2.55. The Morgan fingerprint density at radius 3 is 2.72 bits per heavy atom. The zero-order valence-electron chi connectivity index (χ0n) is 15.3. The van der Waals surface area contributed by atoms with Crippen molar-refractivity contribution in [1.82, 2.24) is 19.3 Å². The third kappa shape index (κ3) is 2.98. The van der Waals surface area contributed by atoms with E-state index < -0.39 is 11.7 Å². The van der Waals surface area contributed by atoms with Gasteiger partial charge in [-0.3, -0.25) is 9.20 Å². The molecule has 1 spiro atoms. The van der Waals surface area contributed by atoms with E-state index in [0.717, 1.165) is 31.5 Å². The van der Waals surface area contributed by atoms with Crippen molar-refractivity contribution in [3.05, 3.63) is 42.3 Å². The number of imidazole rings is 1. The van der Waals surface area contributed by atoms with Crippen molar-refractivity contribution in [3.8, 4) is 11.3 Å². The lowest BCUT2D eigenvalue weighted by Gasteiger charge is -2.48. The van der Waals surface area contributed by atoms with Gasteiger partial charge in [0.15, 0.2) is 12.2 Å². The fourth-order valence-corrected chi connectivity index (χ4v) is 4.10. The van der Waals surface area contributed by atoms with Crippen LogP contribution in [-0.2, 0) is 10.9 Å². The van der Waals surface area contributed by atoms with Crippen LogP contribution in [0, 0.1) is 5.41 Å². The van der Waals surface area contributed by atoms with Crippen molar-refractivity contribution in [2.75, 3.05) is 26.3 Å². The highest BCUT2D eigenvalue weighted by Gasteiger charge is 2.43. The minimum Gasteiger partial charge on any atom is -0.443 e. The molecule has 0 bridgehead atoms. The van der Waals surface area contributed by atoms with Crippen LogP contribution in [0.25, 0.3) is 17.0 Å². The van der Waals surface area contributed by atoms with E-state index in [0.29, 0.717) is 26.3 Å². The van der Waals surface area contributed by atoms with Gasteiger partial charge in [-0.05, 0) is 18.9 Å². The number of carbonyl (C=O) groups is 1. The second-order valence-corrected chi connectivity index (χ2v) is 7.67. The Morgan fingerprint density at radius 1 is 1.24 bits per heavy atom. The summed E-state index contributed by atoms with van der Waals surface area (Å²) >= 11 is 0. The molecule has 0 saturated carbocycles. The number of amides is 1. The highest BCUT2D eigenvalue weighted by atomic mass is 19.4. The van der Waals surface area contributed by atoms with E-state index in [2.05, 4.69) is 9.97 Å². The van der Waals surface area contributed by atoms with Gasteiger partial charge in [-0.1, -0.05) is 0 Å². The topological polar surface area (TPSA) is 72.9 Å². The summed E-state index contributed by atoms with van der Waals surface area (Å²) in [6.45, 7) is 2.31. The van der Waals surface area contributed by atoms with Crippen LogP contribution in [0.4, 0.5) is 13.2 Å². The Labute approximate surface area is 163 Å². The molecular formula is C19H17F3N4O3. The van der Waals surface area contributed by atoms with E-state index in [9.17, 15) is 18.0 Å². The molecule has 0 N–H and O–H groups in total. The predicted molar refractivity (Wildman–Crippen MR) is 94.1 cm³/mol. The highest BCUT2D eigenvalue weighted by Crippen LogP contribution is 2.38. The number of ether oxygens (including phenoxy) is 1. The third-order valence-electron chi connectivity index (χ3n) is 5.62.